The minimum Gasteiger partial charge on any atom is -0.152 e. The molecule has 0 aromatic rings. The van der Waals surface area contributed by atoms with Gasteiger partial charge in [0.25, 0.3) is 0 Å². The summed E-state index contributed by atoms with van der Waals surface area (Å²) in [6.45, 7) is -0.706. The molecule has 0 heterocycles. The summed E-state index contributed by atoms with van der Waals surface area (Å²) < 4.78 is 0. The molecule has 0 aromatic carbocycles. The van der Waals surface area contributed by atoms with E-state index in [1.165, 1.54) is 9.76 Å². The zero-order valence-corrected chi connectivity index (χ0v) is 16.2. The molecule has 0 atom stereocenters. The first kappa shape index (κ1) is 11.7. The summed E-state index contributed by atoms with van der Waals surface area (Å²) in [4.78, 5) is 0. The SMILES string of the molecule is [GeH3].[SiH3][SiH2][SiH2][Si](Cl)Cl. The van der Waals surface area contributed by atoms with E-state index >= 15 is 0 Å². The maximum Gasteiger partial charge on any atom is 0.247 e. The van der Waals surface area contributed by atoms with Crippen molar-refractivity contribution < 1.29 is 0 Å². The second-order valence-corrected chi connectivity index (χ2v) is 29.4. The van der Waals surface area contributed by atoms with Crippen LogP contribution in [-0.2, 0) is 0 Å². The van der Waals surface area contributed by atoms with E-state index in [0.29, 0.717) is 8.55 Å². The predicted octanol–water partition coefficient (Wildman–Crippen LogP) is -3.20. The van der Waals surface area contributed by atoms with E-state index in [9.17, 15) is 0 Å². The molecule has 0 saturated carbocycles. The minimum absolute atomic E-state index is 0. The molecule has 44 valence electrons. The van der Waals surface area contributed by atoms with Crippen molar-refractivity contribution in [2.24, 2.45) is 0 Å². The average molecular weight is 266 g/mol. The smallest absolute Gasteiger partial charge is 0.152 e. The Morgan fingerprint density at radius 1 is 1.43 bits per heavy atom. The van der Waals surface area contributed by atoms with Crippen molar-refractivity contribution >= 4 is 73.6 Å². The fraction of sp³-hybridized carbons (Fsp3) is 0. The average Bonchev–Trinajstić information content (AvgIpc) is 1.35. The zero-order chi connectivity index (χ0) is 4.99. The Hall–Kier alpha value is 1.99. The second-order valence-electron chi connectivity index (χ2n) is 1.09. The Morgan fingerprint density at radius 2 is 1.86 bits per heavy atom. The standard InChI is InChI=1S/Cl2H7Si4.GeH3/c1-6(2)5-4-3;/h4-5H2,3H3;1H3. The first-order chi connectivity index (χ1) is 2.77. The fourth-order valence-electron chi connectivity index (χ4n) is 0.189. The summed E-state index contributed by atoms with van der Waals surface area (Å²) in [5, 5.41) is 0. The summed E-state index contributed by atoms with van der Waals surface area (Å²) in [6, 6.07) is 0. The molecule has 0 N–H and O–H groups in total. The number of hydrogen-bond donors (Lipinski definition) is 0. The minimum atomic E-state index is -0.706. The van der Waals surface area contributed by atoms with Crippen molar-refractivity contribution in [2.75, 3.05) is 0 Å². The van der Waals surface area contributed by atoms with Crippen LogP contribution in [0.3, 0.4) is 0 Å². The van der Waals surface area contributed by atoms with Crippen LogP contribution in [0, 0.1) is 0 Å². The van der Waals surface area contributed by atoms with Gasteiger partial charge < -0.3 is 0 Å². The van der Waals surface area contributed by atoms with Crippen molar-refractivity contribution in [2.45, 2.75) is 0 Å². The molecule has 0 bridgehead atoms. The molecule has 0 rings (SSSR count). The van der Waals surface area contributed by atoms with Gasteiger partial charge in [-0.15, -0.1) is 0 Å². The molecule has 0 amide bonds. The van der Waals surface area contributed by atoms with Gasteiger partial charge in [-0.05, 0) is 18.3 Å². The third kappa shape index (κ3) is 11.5. The van der Waals surface area contributed by atoms with Crippen molar-refractivity contribution in [3.63, 3.8) is 0 Å². The van der Waals surface area contributed by atoms with Gasteiger partial charge in [0.2, 0.25) is 6.93 Å². The van der Waals surface area contributed by atoms with Crippen LogP contribution in [0.5, 0.6) is 0 Å². The van der Waals surface area contributed by atoms with E-state index in [4.69, 9.17) is 22.2 Å². The molecule has 0 aliphatic rings. The zero-order valence-electron chi connectivity index (χ0n) is 4.67. The Balaban J connectivity index is 0. The normalized spacial score (nSPS) is 12.4. The molecule has 0 fully saturated rings. The quantitative estimate of drug-likeness (QED) is 0.365. The molecule has 0 aliphatic carbocycles. The third-order valence-corrected chi connectivity index (χ3v) is 35.6. The third-order valence-electron chi connectivity index (χ3n) is 0.439. The van der Waals surface area contributed by atoms with Crippen LogP contribution in [0.2, 0.25) is 0 Å². The second kappa shape index (κ2) is 7.99. The summed E-state index contributed by atoms with van der Waals surface area (Å²) in [6.07, 6.45) is 0. The molecule has 7 heteroatoms. The fourth-order valence-corrected chi connectivity index (χ4v) is 45.9. The molecule has 0 saturated heterocycles. The van der Waals surface area contributed by atoms with Crippen LogP contribution in [0.15, 0.2) is 0 Å². The predicted molar refractivity (Wildman–Crippen MR) is 54.4 cm³/mol. The Labute approximate surface area is 73.2 Å². The van der Waals surface area contributed by atoms with Gasteiger partial charge in [-0.2, -0.15) is 22.2 Å². The van der Waals surface area contributed by atoms with Gasteiger partial charge in [-0.3, -0.25) is 0 Å². The van der Waals surface area contributed by atoms with E-state index in [1.54, 1.807) is 0 Å². The van der Waals surface area contributed by atoms with Crippen molar-refractivity contribution in [1.29, 1.82) is 0 Å². The van der Waals surface area contributed by atoms with E-state index in [2.05, 4.69) is 0 Å². The van der Waals surface area contributed by atoms with E-state index in [-0.39, 0.29) is 26.2 Å². The topological polar surface area (TPSA) is 0 Å². The summed E-state index contributed by atoms with van der Waals surface area (Å²) in [7, 11) is 2.06. The number of rotatable bonds is 2. The molecule has 0 aliphatic heterocycles. The molecule has 2 radical (unpaired) electrons. The molecule has 0 aromatic heterocycles. The maximum atomic E-state index is 5.56. The van der Waals surface area contributed by atoms with E-state index < -0.39 is 6.93 Å². The number of halogens is 2. The van der Waals surface area contributed by atoms with Crippen LogP contribution in [-0.4, -0.2) is 51.4 Å². The Kier molecular flexibility index (Phi) is 13.4. The van der Waals surface area contributed by atoms with Crippen molar-refractivity contribution in [3.8, 4) is 0 Å². The first-order valence-corrected chi connectivity index (χ1v) is 17.4. The largest absolute Gasteiger partial charge is 0.247 e. The van der Waals surface area contributed by atoms with Gasteiger partial charge in [0.15, 0.2) is 0 Å². The van der Waals surface area contributed by atoms with Crippen LogP contribution in [0.4, 0.5) is 0 Å². The van der Waals surface area contributed by atoms with Crippen LogP contribution >= 0.6 is 22.2 Å². The maximum absolute atomic E-state index is 5.56. The molecule has 0 spiro atoms. The van der Waals surface area contributed by atoms with Crippen LogP contribution < -0.4 is 0 Å². The first-order valence-electron chi connectivity index (χ1n) is 1.94. The van der Waals surface area contributed by atoms with E-state index in [1.807, 2.05) is 0 Å². The van der Waals surface area contributed by atoms with Crippen molar-refractivity contribution in [1.82, 2.24) is 0 Å². The molecule has 7 heavy (non-hydrogen) atoms. The van der Waals surface area contributed by atoms with Gasteiger partial charge in [-0.25, -0.2) is 0 Å². The molecule has 0 unspecified atom stereocenters. The number of hydrogen-bond acceptors (Lipinski definition) is 0. The van der Waals surface area contributed by atoms with Crippen LogP contribution in [0.25, 0.3) is 0 Å². The summed E-state index contributed by atoms with van der Waals surface area (Å²) >= 11 is 11.1. The summed E-state index contributed by atoms with van der Waals surface area (Å²) in [5.41, 5.74) is 0. The monoisotopic (exact) mass is 266 g/mol. The molecule has 0 nitrogen and oxygen atoms in total. The van der Waals surface area contributed by atoms with Crippen LogP contribution in [0.1, 0.15) is 0 Å². The van der Waals surface area contributed by atoms with Gasteiger partial charge in [0.1, 0.15) is 0 Å². The Bertz CT molecular complexity index is 30.9. The molecular formula is H10Cl2GeSi4. The van der Waals surface area contributed by atoms with Gasteiger partial charge in [0.05, 0.1) is 0 Å². The molecular weight excluding hydrogens is 256 g/mol. The van der Waals surface area contributed by atoms with E-state index in [0.717, 1.165) is 0 Å². The van der Waals surface area contributed by atoms with Gasteiger partial charge >= 0.3 is 17.6 Å². The summed E-state index contributed by atoms with van der Waals surface area (Å²) in [5.74, 6) is 0. The van der Waals surface area contributed by atoms with Gasteiger partial charge in [-0.1, -0.05) is 0 Å². The van der Waals surface area contributed by atoms with Crippen molar-refractivity contribution in [3.05, 3.63) is 0 Å². The van der Waals surface area contributed by atoms with Gasteiger partial charge in [0, 0.05) is 8.55 Å². The Morgan fingerprint density at radius 3 is 1.86 bits per heavy atom.